The van der Waals surface area contributed by atoms with Crippen LogP contribution in [0.2, 0.25) is 0 Å². The molecule has 0 atom stereocenters. The van der Waals surface area contributed by atoms with Crippen molar-refractivity contribution in [3.05, 3.63) is 59.7 Å². The number of carbonyl (C=O) groups is 1. The molecule has 0 aromatic heterocycles. The van der Waals surface area contributed by atoms with E-state index in [0.717, 1.165) is 0 Å². The second-order valence-electron chi connectivity index (χ2n) is 4.77. The molecule has 2 aromatic carbocycles. The maximum atomic E-state index is 12.3. The number of amides is 1. The van der Waals surface area contributed by atoms with Crippen molar-refractivity contribution in [2.45, 2.75) is 4.90 Å². The van der Waals surface area contributed by atoms with E-state index in [0.29, 0.717) is 15.7 Å². The average Bonchev–Trinajstić information content (AvgIpc) is 2.61. The van der Waals surface area contributed by atoms with Gasteiger partial charge in [-0.2, -0.15) is 5.26 Å². The van der Waals surface area contributed by atoms with E-state index in [9.17, 15) is 13.2 Å². The zero-order valence-corrected chi connectivity index (χ0v) is 13.9. The Morgan fingerprint density at radius 2 is 1.92 bits per heavy atom. The van der Waals surface area contributed by atoms with Gasteiger partial charge in [-0.1, -0.05) is 16.6 Å². The summed E-state index contributed by atoms with van der Waals surface area (Å²) in [5.74, 6) is -0.484. The smallest absolute Gasteiger partial charge is 0.264 e. The molecule has 0 heterocycles. The van der Waals surface area contributed by atoms with Crippen molar-refractivity contribution in [1.82, 2.24) is 4.47 Å². The van der Waals surface area contributed by atoms with Gasteiger partial charge in [0.25, 0.3) is 15.9 Å². The molecule has 7 nitrogen and oxygen atoms in total. The third-order valence-corrected chi connectivity index (χ3v) is 4.91. The van der Waals surface area contributed by atoms with Crippen LogP contribution in [0.15, 0.2) is 53.4 Å². The Morgan fingerprint density at radius 1 is 1.21 bits per heavy atom. The third-order valence-electron chi connectivity index (χ3n) is 3.24. The number of hydrogen-bond acceptors (Lipinski definition) is 5. The maximum Gasteiger partial charge on any atom is 0.264 e. The average molecular weight is 345 g/mol. The van der Waals surface area contributed by atoms with E-state index in [1.165, 1.54) is 44.5 Å². The summed E-state index contributed by atoms with van der Waals surface area (Å²) in [7, 11) is -1.35. The first-order chi connectivity index (χ1) is 11.4. The zero-order valence-electron chi connectivity index (χ0n) is 13.1. The van der Waals surface area contributed by atoms with Gasteiger partial charge >= 0.3 is 0 Å². The monoisotopic (exact) mass is 345 g/mol. The van der Waals surface area contributed by atoms with E-state index >= 15 is 0 Å². The van der Waals surface area contributed by atoms with E-state index < -0.39 is 15.9 Å². The molecule has 0 saturated carbocycles. The molecular formula is C16H15N3O4S. The van der Waals surface area contributed by atoms with E-state index in [-0.39, 0.29) is 10.5 Å². The van der Waals surface area contributed by atoms with Crippen LogP contribution in [0.4, 0.5) is 5.69 Å². The molecule has 1 N–H and O–H groups in total. The van der Waals surface area contributed by atoms with Crippen molar-refractivity contribution in [1.29, 1.82) is 5.26 Å². The molecule has 0 aliphatic heterocycles. The van der Waals surface area contributed by atoms with E-state index in [2.05, 4.69) is 5.32 Å². The Morgan fingerprint density at radius 3 is 2.58 bits per heavy atom. The Kier molecular flexibility index (Phi) is 5.31. The van der Waals surface area contributed by atoms with Crippen LogP contribution in [-0.2, 0) is 14.9 Å². The first kappa shape index (κ1) is 17.6. The van der Waals surface area contributed by atoms with Gasteiger partial charge in [-0.3, -0.25) is 9.63 Å². The normalized spacial score (nSPS) is 11.1. The topological polar surface area (TPSA) is 99.5 Å². The number of hydrogen-bond donors (Lipinski definition) is 1. The van der Waals surface area contributed by atoms with Gasteiger partial charge in [0.1, 0.15) is 0 Å². The Labute approximate surface area is 140 Å². The van der Waals surface area contributed by atoms with Crippen molar-refractivity contribution in [2.24, 2.45) is 0 Å². The summed E-state index contributed by atoms with van der Waals surface area (Å²) in [5.41, 5.74) is 1.02. The largest absolute Gasteiger partial charge is 0.322 e. The highest BCUT2D eigenvalue weighted by molar-refractivity contribution is 7.89. The van der Waals surface area contributed by atoms with Crippen molar-refractivity contribution in [3.8, 4) is 6.07 Å². The van der Waals surface area contributed by atoms with Crippen molar-refractivity contribution in [3.63, 3.8) is 0 Å². The number of benzene rings is 2. The first-order valence-electron chi connectivity index (χ1n) is 6.83. The number of sulfonamides is 1. The van der Waals surface area contributed by atoms with Crippen LogP contribution in [0.3, 0.4) is 0 Å². The molecule has 24 heavy (non-hydrogen) atoms. The first-order valence-corrected chi connectivity index (χ1v) is 8.27. The molecule has 1 amide bonds. The molecule has 0 unspecified atom stereocenters. The van der Waals surface area contributed by atoms with Gasteiger partial charge < -0.3 is 5.32 Å². The summed E-state index contributed by atoms with van der Waals surface area (Å²) < 4.78 is 25.1. The molecule has 2 aromatic rings. The molecule has 0 aliphatic carbocycles. The lowest BCUT2D eigenvalue weighted by molar-refractivity contribution is -0.0258. The number of nitriles is 1. The van der Waals surface area contributed by atoms with Crippen molar-refractivity contribution in [2.75, 3.05) is 19.5 Å². The van der Waals surface area contributed by atoms with Gasteiger partial charge in [-0.05, 0) is 36.4 Å². The number of anilines is 1. The highest BCUT2D eigenvalue weighted by Crippen LogP contribution is 2.17. The van der Waals surface area contributed by atoms with Gasteiger partial charge in [-0.15, -0.1) is 0 Å². The van der Waals surface area contributed by atoms with Crippen molar-refractivity contribution < 1.29 is 18.0 Å². The summed E-state index contributed by atoms with van der Waals surface area (Å²) in [5, 5.41) is 11.5. The maximum absolute atomic E-state index is 12.3. The summed E-state index contributed by atoms with van der Waals surface area (Å²) in [6, 6.07) is 14.0. The van der Waals surface area contributed by atoms with Crippen LogP contribution in [0.1, 0.15) is 15.9 Å². The minimum absolute atomic E-state index is 0.0646. The van der Waals surface area contributed by atoms with Gasteiger partial charge in [0.05, 0.1) is 23.6 Å². The van der Waals surface area contributed by atoms with Crippen LogP contribution in [0, 0.1) is 11.3 Å². The molecule has 0 saturated heterocycles. The lowest BCUT2D eigenvalue weighted by Crippen LogP contribution is -2.26. The molecular weight excluding hydrogens is 330 g/mol. The number of carbonyl (C=O) groups excluding carboxylic acids is 1. The molecule has 0 radical (unpaired) electrons. The molecule has 0 fully saturated rings. The molecule has 8 heteroatoms. The second kappa shape index (κ2) is 7.23. The standard InChI is InChI=1S/C16H15N3O4S/c1-19(23-2)24(21,22)15-8-4-6-13(10-15)16(20)18-14-7-3-5-12(9-14)11-17/h3-10H,1-2H3,(H,18,20). The minimum Gasteiger partial charge on any atom is -0.322 e. The summed E-state index contributed by atoms with van der Waals surface area (Å²) in [4.78, 5) is 16.9. The van der Waals surface area contributed by atoms with Crippen LogP contribution in [-0.4, -0.2) is 33.0 Å². The second-order valence-corrected chi connectivity index (χ2v) is 6.71. The Bertz CT molecular complexity index is 904. The quantitative estimate of drug-likeness (QED) is 0.836. The van der Waals surface area contributed by atoms with E-state index in [4.69, 9.17) is 10.1 Å². The fourth-order valence-electron chi connectivity index (χ4n) is 1.91. The Hall–Kier alpha value is -2.73. The number of rotatable bonds is 5. The van der Waals surface area contributed by atoms with Gasteiger partial charge in [0.2, 0.25) is 0 Å². The molecule has 0 spiro atoms. The highest BCUT2D eigenvalue weighted by Gasteiger charge is 2.21. The van der Waals surface area contributed by atoms with Crippen LogP contribution in [0.25, 0.3) is 0 Å². The van der Waals surface area contributed by atoms with Crippen LogP contribution in [0.5, 0.6) is 0 Å². The summed E-state index contributed by atoms with van der Waals surface area (Å²) in [6.07, 6.45) is 0. The minimum atomic E-state index is -3.84. The lowest BCUT2D eigenvalue weighted by Gasteiger charge is -2.14. The Balaban J connectivity index is 2.28. The molecule has 0 bridgehead atoms. The van der Waals surface area contributed by atoms with Crippen LogP contribution >= 0.6 is 0 Å². The summed E-state index contributed by atoms with van der Waals surface area (Å²) in [6.45, 7) is 0. The summed E-state index contributed by atoms with van der Waals surface area (Å²) >= 11 is 0. The lowest BCUT2D eigenvalue weighted by atomic mass is 10.2. The number of hydroxylamine groups is 1. The highest BCUT2D eigenvalue weighted by atomic mass is 32.2. The molecule has 2 rings (SSSR count). The molecule has 0 aliphatic rings. The predicted octanol–water partition coefficient (Wildman–Crippen LogP) is 1.99. The van der Waals surface area contributed by atoms with Gasteiger partial charge in [-0.25, -0.2) is 8.42 Å². The fraction of sp³-hybridized carbons (Fsp3) is 0.125. The van der Waals surface area contributed by atoms with E-state index in [1.807, 2.05) is 6.07 Å². The van der Waals surface area contributed by atoms with E-state index in [1.54, 1.807) is 18.2 Å². The van der Waals surface area contributed by atoms with Gasteiger partial charge in [0.15, 0.2) is 0 Å². The number of nitrogens with one attached hydrogen (secondary N) is 1. The predicted molar refractivity (Wildman–Crippen MR) is 87.5 cm³/mol. The number of nitrogens with zero attached hydrogens (tertiary/aromatic N) is 2. The van der Waals surface area contributed by atoms with Crippen molar-refractivity contribution >= 4 is 21.6 Å². The molecule has 124 valence electrons. The third kappa shape index (κ3) is 3.78. The van der Waals surface area contributed by atoms with Crippen LogP contribution < -0.4 is 5.32 Å². The fourth-order valence-corrected chi connectivity index (χ4v) is 2.93. The zero-order chi connectivity index (χ0) is 17.7. The SMILES string of the molecule is CON(C)S(=O)(=O)c1cccc(C(=O)Nc2cccc(C#N)c2)c1. The van der Waals surface area contributed by atoms with Gasteiger partial charge in [0, 0.05) is 18.3 Å².